The Bertz CT molecular complexity index is 684. The van der Waals surface area contributed by atoms with E-state index in [1.807, 2.05) is 0 Å². The van der Waals surface area contributed by atoms with Crippen molar-refractivity contribution in [1.82, 2.24) is 14.3 Å². The minimum Gasteiger partial charge on any atom is -0.506 e. The second-order valence-corrected chi connectivity index (χ2v) is 3.81. The van der Waals surface area contributed by atoms with Gasteiger partial charge in [-0.1, -0.05) is 0 Å². The second kappa shape index (κ2) is 4.17. The van der Waals surface area contributed by atoms with Crippen LogP contribution in [0.4, 0.5) is 0 Å². The molecule has 2 rings (SSSR count). The summed E-state index contributed by atoms with van der Waals surface area (Å²) in [4.78, 5) is 23.7. The van der Waals surface area contributed by atoms with Crippen LogP contribution in [0.15, 0.2) is 11.0 Å². The van der Waals surface area contributed by atoms with Gasteiger partial charge in [-0.3, -0.25) is 14.0 Å². The van der Waals surface area contributed by atoms with Crippen LogP contribution in [0.2, 0.25) is 0 Å². The summed E-state index contributed by atoms with van der Waals surface area (Å²) in [6.07, 6.45) is 1.40. The smallest absolute Gasteiger partial charge is 0.347 e. The highest BCUT2D eigenvalue weighted by Crippen LogP contribution is 2.25. The van der Waals surface area contributed by atoms with Crippen LogP contribution in [0.25, 0.3) is 11.0 Å². The van der Waals surface area contributed by atoms with E-state index >= 15 is 0 Å². The predicted molar refractivity (Wildman–Crippen MR) is 63.6 cm³/mol. The number of pyridine rings is 1. The van der Waals surface area contributed by atoms with E-state index in [1.165, 1.54) is 22.5 Å². The lowest BCUT2D eigenvalue weighted by atomic mass is 10.2. The normalized spacial score (nSPS) is 10.8. The van der Waals surface area contributed by atoms with Gasteiger partial charge in [0.2, 0.25) is 0 Å². The molecule has 0 saturated heterocycles. The minimum absolute atomic E-state index is 0.131. The standard InChI is InChI=1S/C11H13N3O4/c1-4-18-11(17)7-8(15)6-5-12-14(3)9(6)13(2)10(7)16/h5,15H,4H2,1-3H3. The van der Waals surface area contributed by atoms with Gasteiger partial charge in [0.15, 0.2) is 5.56 Å². The van der Waals surface area contributed by atoms with Gasteiger partial charge in [-0.15, -0.1) is 0 Å². The van der Waals surface area contributed by atoms with Crippen LogP contribution in [0.5, 0.6) is 5.75 Å². The number of carbonyl (C=O) groups excluding carboxylic acids is 1. The SMILES string of the molecule is CCOC(=O)c1c(O)c2cnn(C)c2n(C)c1=O. The molecule has 0 bridgehead atoms. The number of aryl methyl sites for hydroxylation is 2. The molecule has 18 heavy (non-hydrogen) atoms. The molecule has 0 aliphatic carbocycles. The maximum Gasteiger partial charge on any atom is 0.347 e. The number of hydrogen-bond donors (Lipinski definition) is 1. The molecule has 1 N–H and O–H groups in total. The molecule has 2 aromatic heterocycles. The van der Waals surface area contributed by atoms with Gasteiger partial charge in [-0.25, -0.2) is 4.79 Å². The van der Waals surface area contributed by atoms with E-state index in [0.29, 0.717) is 11.0 Å². The third-order valence-electron chi connectivity index (χ3n) is 2.72. The molecule has 96 valence electrons. The molecule has 0 unspecified atom stereocenters. The highest BCUT2D eigenvalue weighted by Gasteiger charge is 2.23. The van der Waals surface area contributed by atoms with Gasteiger partial charge >= 0.3 is 5.97 Å². The van der Waals surface area contributed by atoms with Crippen molar-refractivity contribution in [3.05, 3.63) is 22.1 Å². The van der Waals surface area contributed by atoms with Gasteiger partial charge in [0, 0.05) is 14.1 Å². The van der Waals surface area contributed by atoms with Crippen molar-refractivity contribution in [2.75, 3.05) is 6.61 Å². The average molecular weight is 251 g/mol. The molecule has 7 heteroatoms. The van der Waals surface area contributed by atoms with Crippen molar-refractivity contribution in [3.8, 4) is 5.75 Å². The number of rotatable bonds is 2. The van der Waals surface area contributed by atoms with Crippen molar-refractivity contribution in [3.63, 3.8) is 0 Å². The Balaban J connectivity index is 2.84. The molecule has 0 fully saturated rings. The molecule has 0 aliphatic rings. The Labute approximate surface area is 102 Å². The summed E-state index contributed by atoms with van der Waals surface area (Å²) in [7, 11) is 3.15. The summed E-state index contributed by atoms with van der Waals surface area (Å²) >= 11 is 0. The van der Waals surface area contributed by atoms with Crippen LogP contribution >= 0.6 is 0 Å². The summed E-state index contributed by atoms with van der Waals surface area (Å²) in [5.74, 6) is -1.22. The lowest BCUT2D eigenvalue weighted by molar-refractivity contribution is 0.0520. The number of fused-ring (bicyclic) bond motifs is 1. The van der Waals surface area contributed by atoms with E-state index in [2.05, 4.69) is 5.10 Å². The first kappa shape index (κ1) is 12.2. The fraction of sp³-hybridized carbons (Fsp3) is 0.364. The molecule has 7 nitrogen and oxygen atoms in total. The summed E-state index contributed by atoms with van der Waals surface area (Å²) in [5, 5.41) is 14.3. The van der Waals surface area contributed by atoms with E-state index in [-0.39, 0.29) is 17.9 Å². The Morgan fingerprint density at radius 1 is 1.50 bits per heavy atom. The summed E-state index contributed by atoms with van der Waals surface area (Å²) in [6.45, 7) is 1.76. The van der Waals surface area contributed by atoms with Gasteiger partial charge in [0.1, 0.15) is 11.4 Å². The van der Waals surface area contributed by atoms with Crippen molar-refractivity contribution in [2.24, 2.45) is 14.1 Å². The van der Waals surface area contributed by atoms with E-state index in [9.17, 15) is 14.7 Å². The molecule has 2 aromatic rings. The first-order chi connectivity index (χ1) is 8.49. The van der Waals surface area contributed by atoms with E-state index in [0.717, 1.165) is 0 Å². The van der Waals surface area contributed by atoms with E-state index < -0.39 is 11.5 Å². The third-order valence-corrected chi connectivity index (χ3v) is 2.72. The molecule has 2 heterocycles. The Morgan fingerprint density at radius 2 is 2.17 bits per heavy atom. The lowest BCUT2D eigenvalue weighted by Gasteiger charge is -2.08. The van der Waals surface area contributed by atoms with Crippen LogP contribution in [-0.4, -0.2) is 32.0 Å². The average Bonchev–Trinajstić information content (AvgIpc) is 2.69. The molecule has 0 saturated carbocycles. The summed E-state index contributed by atoms with van der Waals surface area (Å²) < 4.78 is 7.47. The van der Waals surface area contributed by atoms with Crippen molar-refractivity contribution < 1.29 is 14.6 Å². The zero-order chi connectivity index (χ0) is 13.4. The van der Waals surface area contributed by atoms with E-state index in [1.54, 1.807) is 14.0 Å². The number of aromatic hydroxyl groups is 1. The van der Waals surface area contributed by atoms with Crippen LogP contribution in [-0.2, 0) is 18.8 Å². The zero-order valence-corrected chi connectivity index (χ0v) is 10.3. The van der Waals surface area contributed by atoms with E-state index in [4.69, 9.17) is 4.74 Å². The van der Waals surface area contributed by atoms with Gasteiger partial charge < -0.3 is 9.84 Å². The first-order valence-corrected chi connectivity index (χ1v) is 5.39. The Hall–Kier alpha value is -2.31. The van der Waals surface area contributed by atoms with Crippen LogP contribution in [0.1, 0.15) is 17.3 Å². The van der Waals surface area contributed by atoms with Crippen molar-refractivity contribution >= 4 is 17.0 Å². The van der Waals surface area contributed by atoms with Gasteiger partial charge in [-0.2, -0.15) is 5.10 Å². The second-order valence-electron chi connectivity index (χ2n) is 3.81. The number of nitrogens with zero attached hydrogens (tertiary/aromatic N) is 3. The highest BCUT2D eigenvalue weighted by molar-refractivity contribution is 5.98. The molecule has 0 aromatic carbocycles. The number of hydrogen-bond acceptors (Lipinski definition) is 5. The fourth-order valence-electron chi connectivity index (χ4n) is 1.88. The first-order valence-electron chi connectivity index (χ1n) is 5.39. The van der Waals surface area contributed by atoms with Gasteiger partial charge in [-0.05, 0) is 6.92 Å². The lowest BCUT2D eigenvalue weighted by Crippen LogP contribution is -2.26. The monoisotopic (exact) mass is 251 g/mol. The van der Waals surface area contributed by atoms with Gasteiger partial charge in [0.25, 0.3) is 5.56 Å². The van der Waals surface area contributed by atoms with Crippen LogP contribution < -0.4 is 5.56 Å². The summed E-state index contributed by atoms with van der Waals surface area (Å²) in [5.41, 5.74) is -0.535. The number of carbonyl (C=O) groups is 1. The fourth-order valence-corrected chi connectivity index (χ4v) is 1.88. The van der Waals surface area contributed by atoms with Crippen molar-refractivity contribution in [2.45, 2.75) is 6.92 Å². The maximum absolute atomic E-state index is 12.0. The maximum atomic E-state index is 12.0. The van der Waals surface area contributed by atoms with Crippen LogP contribution in [0, 0.1) is 0 Å². The van der Waals surface area contributed by atoms with Crippen molar-refractivity contribution in [1.29, 1.82) is 0 Å². The number of esters is 1. The topological polar surface area (TPSA) is 86.3 Å². The van der Waals surface area contributed by atoms with Gasteiger partial charge in [0.05, 0.1) is 18.2 Å². The highest BCUT2D eigenvalue weighted by atomic mass is 16.5. The number of aromatic nitrogens is 3. The summed E-state index contributed by atoms with van der Waals surface area (Å²) in [6, 6.07) is 0. The predicted octanol–water partition coefficient (Wildman–Crippen LogP) is 0.154. The molecular formula is C11H13N3O4. The third kappa shape index (κ3) is 1.55. The zero-order valence-electron chi connectivity index (χ0n) is 10.3. The molecule has 0 aliphatic heterocycles. The van der Waals surface area contributed by atoms with Crippen LogP contribution in [0.3, 0.4) is 0 Å². The molecule has 0 amide bonds. The Kier molecular flexibility index (Phi) is 2.82. The molecule has 0 spiro atoms. The largest absolute Gasteiger partial charge is 0.506 e. The number of ether oxygens (including phenoxy) is 1. The molecule has 0 atom stereocenters. The molecule has 0 radical (unpaired) electrons. The molecular weight excluding hydrogens is 238 g/mol. The minimum atomic E-state index is -0.832. The quantitative estimate of drug-likeness (QED) is 0.768. The Morgan fingerprint density at radius 3 is 2.78 bits per heavy atom.